The molecule has 7 heteroatoms. The molecule has 1 N–H and O–H groups in total. The number of ketones is 1. The maximum absolute atomic E-state index is 12.9. The summed E-state index contributed by atoms with van der Waals surface area (Å²) < 4.78 is 5.18. The molecule has 1 heterocycles. The molecule has 1 atom stereocenters. The average Bonchev–Trinajstić information content (AvgIpc) is 2.98. The van der Waals surface area contributed by atoms with Gasteiger partial charge in [-0.3, -0.25) is 14.5 Å². The van der Waals surface area contributed by atoms with Gasteiger partial charge in [-0.1, -0.05) is 30.7 Å². The lowest BCUT2D eigenvalue weighted by atomic mass is 9.94. The van der Waals surface area contributed by atoms with Gasteiger partial charge in [0.05, 0.1) is 23.7 Å². The van der Waals surface area contributed by atoms with Crippen molar-refractivity contribution in [1.29, 1.82) is 0 Å². The van der Waals surface area contributed by atoms with Gasteiger partial charge in [0.1, 0.15) is 5.75 Å². The third-order valence-corrected chi connectivity index (χ3v) is 5.26. The van der Waals surface area contributed by atoms with Gasteiger partial charge >= 0.3 is 0 Å². The summed E-state index contributed by atoms with van der Waals surface area (Å²) in [6.07, 6.45) is 0.177. The molecule has 0 aromatic heterocycles. The summed E-state index contributed by atoms with van der Waals surface area (Å²) in [5.74, 6) is -0.967. The van der Waals surface area contributed by atoms with Crippen LogP contribution in [0.1, 0.15) is 24.9 Å². The lowest BCUT2D eigenvalue weighted by molar-refractivity contribution is -0.118. The molecule has 0 bridgehead atoms. The highest BCUT2D eigenvalue weighted by molar-refractivity contribution is 6.32. The Morgan fingerprint density at radius 1 is 1.21 bits per heavy atom. The Morgan fingerprint density at radius 2 is 1.86 bits per heavy atom. The van der Waals surface area contributed by atoms with Gasteiger partial charge in [-0.25, -0.2) is 0 Å². The fourth-order valence-corrected chi connectivity index (χ4v) is 3.67. The predicted octanol–water partition coefficient (Wildman–Crippen LogP) is 4.29. The standard InChI is InChI=1S/C22H23ClN2O4/c1-5-17(26)19-20(13-6-8-14(9-7-13)24(2)3)25(22(28)21(19)27)15-10-11-18(29-4)16(23)12-15/h6-12,20,27H,5H2,1-4H3. The quantitative estimate of drug-likeness (QED) is 0.763. The summed E-state index contributed by atoms with van der Waals surface area (Å²) in [4.78, 5) is 28.9. The van der Waals surface area contributed by atoms with Crippen LogP contribution in [0.15, 0.2) is 53.8 Å². The van der Waals surface area contributed by atoms with Crippen molar-refractivity contribution in [3.63, 3.8) is 0 Å². The van der Waals surface area contributed by atoms with E-state index in [1.165, 1.54) is 12.0 Å². The van der Waals surface area contributed by atoms with E-state index in [9.17, 15) is 14.7 Å². The van der Waals surface area contributed by atoms with Crippen molar-refractivity contribution < 1.29 is 19.4 Å². The zero-order valence-corrected chi connectivity index (χ0v) is 17.5. The van der Waals surface area contributed by atoms with Gasteiger partial charge in [0.25, 0.3) is 5.91 Å². The normalized spacial score (nSPS) is 16.4. The van der Waals surface area contributed by atoms with Gasteiger partial charge in [-0.15, -0.1) is 0 Å². The molecule has 1 aliphatic rings. The number of nitrogens with zero attached hydrogens (tertiary/aromatic N) is 2. The van der Waals surface area contributed by atoms with E-state index in [0.717, 1.165) is 11.3 Å². The van der Waals surface area contributed by atoms with Crippen LogP contribution in [0.25, 0.3) is 0 Å². The number of carbonyl (C=O) groups excluding carboxylic acids is 2. The number of anilines is 2. The Balaban J connectivity index is 2.15. The first kappa shape index (κ1) is 20.7. The van der Waals surface area contributed by atoms with Gasteiger partial charge in [0.2, 0.25) is 0 Å². The van der Waals surface area contributed by atoms with Crippen molar-refractivity contribution >= 4 is 34.7 Å². The molecule has 3 rings (SSSR count). The number of ether oxygens (including phenoxy) is 1. The van der Waals surface area contributed by atoms with Crippen LogP contribution in [0.4, 0.5) is 11.4 Å². The van der Waals surface area contributed by atoms with Crippen LogP contribution in [-0.2, 0) is 9.59 Å². The first-order chi connectivity index (χ1) is 13.8. The third-order valence-electron chi connectivity index (χ3n) is 4.97. The lowest BCUT2D eigenvalue weighted by Crippen LogP contribution is -2.31. The Hall–Kier alpha value is -2.99. The summed E-state index contributed by atoms with van der Waals surface area (Å²) in [5.41, 5.74) is 2.26. The van der Waals surface area contributed by atoms with E-state index >= 15 is 0 Å². The van der Waals surface area contributed by atoms with E-state index in [4.69, 9.17) is 16.3 Å². The zero-order chi connectivity index (χ0) is 21.3. The maximum Gasteiger partial charge on any atom is 0.294 e. The number of amides is 1. The summed E-state index contributed by atoms with van der Waals surface area (Å²) in [6, 6.07) is 11.7. The summed E-state index contributed by atoms with van der Waals surface area (Å²) in [6.45, 7) is 1.70. The molecule has 1 amide bonds. The minimum absolute atomic E-state index is 0.0991. The first-order valence-electron chi connectivity index (χ1n) is 9.20. The molecule has 0 spiro atoms. The van der Waals surface area contributed by atoms with E-state index in [0.29, 0.717) is 16.5 Å². The zero-order valence-electron chi connectivity index (χ0n) is 16.8. The van der Waals surface area contributed by atoms with E-state index in [2.05, 4.69) is 0 Å². The van der Waals surface area contributed by atoms with Gasteiger partial charge in [0, 0.05) is 31.9 Å². The Labute approximate surface area is 174 Å². The van der Waals surface area contributed by atoms with E-state index in [1.54, 1.807) is 25.1 Å². The largest absolute Gasteiger partial charge is 0.503 e. The Kier molecular flexibility index (Phi) is 5.84. The highest BCUT2D eigenvalue weighted by atomic mass is 35.5. The second-order valence-electron chi connectivity index (χ2n) is 6.92. The number of halogens is 1. The molecule has 6 nitrogen and oxygen atoms in total. The lowest BCUT2D eigenvalue weighted by Gasteiger charge is -2.27. The Bertz CT molecular complexity index is 983. The van der Waals surface area contributed by atoms with Crippen molar-refractivity contribution in [2.24, 2.45) is 0 Å². The minimum Gasteiger partial charge on any atom is -0.503 e. The first-order valence-corrected chi connectivity index (χ1v) is 9.58. The van der Waals surface area contributed by atoms with Crippen molar-refractivity contribution in [3.05, 3.63) is 64.4 Å². The monoisotopic (exact) mass is 414 g/mol. The van der Waals surface area contributed by atoms with E-state index < -0.39 is 17.7 Å². The van der Waals surface area contributed by atoms with Crippen molar-refractivity contribution in [2.45, 2.75) is 19.4 Å². The predicted molar refractivity (Wildman–Crippen MR) is 114 cm³/mol. The smallest absolute Gasteiger partial charge is 0.294 e. The molecule has 1 unspecified atom stereocenters. The number of hydrogen-bond acceptors (Lipinski definition) is 5. The van der Waals surface area contributed by atoms with Gasteiger partial charge in [-0.05, 0) is 35.9 Å². The molecule has 0 saturated carbocycles. The summed E-state index contributed by atoms with van der Waals surface area (Å²) in [7, 11) is 5.36. The van der Waals surface area contributed by atoms with Crippen molar-refractivity contribution in [3.8, 4) is 5.75 Å². The number of Topliss-reactive ketones (excluding diaryl/α,β-unsaturated/α-hetero) is 1. The van der Waals surface area contributed by atoms with Crippen LogP contribution in [0.2, 0.25) is 5.02 Å². The fraction of sp³-hybridized carbons (Fsp3) is 0.273. The number of aliphatic hydroxyl groups excluding tert-OH is 1. The molecule has 2 aromatic rings. The minimum atomic E-state index is -0.740. The third kappa shape index (κ3) is 3.68. The number of hydrogen-bond donors (Lipinski definition) is 1. The molecular weight excluding hydrogens is 392 g/mol. The number of carbonyl (C=O) groups is 2. The molecule has 0 aliphatic carbocycles. The van der Waals surface area contributed by atoms with Crippen LogP contribution >= 0.6 is 11.6 Å². The molecule has 152 valence electrons. The van der Waals surface area contributed by atoms with Gasteiger partial charge < -0.3 is 14.7 Å². The van der Waals surface area contributed by atoms with Crippen LogP contribution in [0, 0.1) is 0 Å². The Morgan fingerprint density at radius 3 is 2.38 bits per heavy atom. The molecule has 0 radical (unpaired) electrons. The van der Waals surface area contributed by atoms with Crippen LogP contribution in [0.5, 0.6) is 5.75 Å². The molecular formula is C22H23ClN2O4. The van der Waals surface area contributed by atoms with Crippen molar-refractivity contribution in [1.82, 2.24) is 0 Å². The van der Waals surface area contributed by atoms with E-state index in [-0.39, 0.29) is 17.8 Å². The number of methoxy groups -OCH3 is 1. The second kappa shape index (κ2) is 8.17. The topological polar surface area (TPSA) is 70.1 Å². The van der Waals surface area contributed by atoms with Gasteiger partial charge in [0.15, 0.2) is 11.5 Å². The van der Waals surface area contributed by atoms with Crippen molar-refractivity contribution in [2.75, 3.05) is 31.0 Å². The van der Waals surface area contributed by atoms with E-state index in [1.807, 2.05) is 43.3 Å². The van der Waals surface area contributed by atoms with Gasteiger partial charge in [-0.2, -0.15) is 0 Å². The highest BCUT2D eigenvalue weighted by Crippen LogP contribution is 2.43. The molecule has 0 saturated heterocycles. The number of rotatable bonds is 6. The number of benzene rings is 2. The second-order valence-corrected chi connectivity index (χ2v) is 7.33. The van der Waals surface area contributed by atoms with Crippen LogP contribution in [0.3, 0.4) is 0 Å². The highest BCUT2D eigenvalue weighted by Gasteiger charge is 2.44. The fourth-order valence-electron chi connectivity index (χ4n) is 3.42. The molecule has 1 aliphatic heterocycles. The number of aliphatic hydroxyl groups is 1. The summed E-state index contributed by atoms with van der Waals surface area (Å²) in [5, 5.41) is 10.9. The molecule has 0 fully saturated rings. The average molecular weight is 415 g/mol. The van der Waals surface area contributed by atoms with Crippen LogP contribution in [-0.4, -0.2) is 38.0 Å². The SMILES string of the molecule is CCC(=O)C1=C(O)C(=O)N(c2ccc(OC)c(Cl)c2)C1c1ccc(N(C)C)cc1. The molecule has 2 aromatic carbocycles. The molecule has 29 heavy (non-hydrogen) atoms. The van der Waals surface area contributed by atoms with Crippen LogP contribution < -0.4 is 14.5 Å². The summed E-state index contributed by atoms with van der Waals surface area (Å²) >= 11 is 6.26. The maximum atomic E-state index is 12.9.